The molecule has 0 saturated carbocycles. The molecule has 0 atom stereocenters. The zero-order valence-electron chi connectivity index (χ0n) is 9.28. The summed E-state index contributed by atoms with van der Waals surface area (Å²) in [5.74, 6) is -1.01. The lowest BCUT2D eigenvalue weighted by atomic mass is 10.3. The van der Waals surface area contributed by atoms with Crippen LogP contribution >= 0.6 is 0 Å². The van der Waals surface area contributed by atoms with Gasteiger partial charge < -0.3 is 5.11 Å². The number of carboxylic acid groups (broad SMARTS) is 1. The fourth-order valence-electron chi connectivity index (χ4n) is 1.69. The van der Waals surface area contributed by atoms with Crippen molar-refractivity contribution in [3.05, 3.63) is 12.2 Å². The lowest BCUT2D eigenvalue weighted by Gasteiger charge is -2.34. The van der Waals surface area contributed by atoms with E-state index in [1.165, 1.54) is 11.0 Å². The van der Waals surface area contributed by atoms with E-state index in [9.17, 15) is 18.0 Å². The Kier molecular flexibility index (Phi) is 4.95. The average molecular weight is 252 g/mol. The molecule has 1 aliphatic rings. The van der Waals surface area contributed by atoms with E-state index in [4.69, 9.17) is 5.11 Å². The normalized spacial score (nSPS) is 19.9. The zero-order valence-corrected chi connectivity index (χ0v) is 9.28. The molecule has 0 unspecified atom stereocenters. The van der Waals surface area contributed by atoms with Crippen molar-refractivity contribution in [2.24, 2.45) is 0 Å². The van der Waals surface area contributed by atoms with Crippen LogP contribution in [0, 0.1) is 0 Å². The standard InChI is InChI=1S/C10H15F3N2O2/c11-10(12,13)8-15-6-4-14(5-7-15)3-1-2-9(16)17/h1-2H,3-8H2,(H,16,17). The van der Waals surface area contributed by atoms with Crippen LogP contribution in [-0.2, 0) is 4.79 Å². The summed E-state index contributed by atoms with van der Waals surface area (Å²) in [4.78, 5) is 13.5. The van der Waals surface area contributed by atoms with Crippen molar-refractivity contribution in [2.75, 3.05) is 39.3 Å². The van der Waals surface area contributed by atoms with Gasteiger partial charge in [-0.05, 0) is 0 Å². The molecule has 0 radical (unpaired) electrons. The first-order valence-electron chi connectivity index (χ1n) is 5.28. The molecule has 0 aromatic carbocycles. The van der Waals surface area contributed by atoms with Gasteiger partial charge in [-0.25, -0.2) is 4.79 Å². The summed E-state index contributed by atoms with van der Waals surface area (Å²) in [6.45, 7) is 1.37. The van der Waals surface area contributed by atoms with Gasteiger partial charge in [0, 0.05) is 38.8 Å². The van der Waals surface area contributed by atoms with Gasteiger partial charge >= 0.3 is 12.1 Å². The first kappa shape index (κ1) is 14.0. The summed E-state index contributed by atoms with van der Waals surface area (Å²) in [7, 11) is 0. The van der Waals surface area contributed by atoms with Crippen LogP contribution in [0.5, 0.6) is 0 Å². The average Bonchev–Trinajstić information content (AvgIpc) is 2.18. The number of carboxylic acids is 1. The van der Waals surface area contributed by atoms with Gasteiger partial charge in [-0.3, -0.25) is 9.80 Å². The van der Waals surface area contributed by atoms with E-state index in [2.05, 4.69) is 0 Å². The van der Waals surface area contributed by atoms with E-state index in [-0.39, 0.29) is 0 Å². The number of rotatable bonds is 4. The second-order valence-electron chi connectivity index (χ2n) is 3.93. The number of hydrogen-bond acceptors (Lipinski definition) is 3. The molecular formula is C10H15F3N2O2. The van der Waals surface area contributed by atoms with Crippen LogP contribution in [0.1, 0.15) is 0 Å². The summed E-state index contributed by atoms with van der Waals surface area (Å²) in [6, 6.07) is 0. The van der Waals surface area contributed by atoms with E-state index in [1.54, 1.807) is 0 Å². The molecule has 1 fully saturated rings. The minimum Gasteiger partial charge on any atom is -0.478 e. The quantitative estimate of drug-likeness (QED) is 0.752. The third-order valence-corrected chi connectivity index (χ3v) is 2.49. The number of piperazine rings is 1. The number of hydrogen-bond donors (Lipinski definition) is 1. The van der Waals surface area contributed by atoms with Gasteiger partial charge in [0.2, 0.25) is 0 Å². The molecule has 0 aromatic rings. The predicted molar refractivity (Wildman–Crippen MR) is 55.7 cm³/mol. The fraction of sp³-hybridized carbons (Fsp3) is 0.700. The van der Waals surface area contributed by atoms with Crippen LogP contribution < -0.4 is 0 Å². The van der Waals surface area contributed by atoms with Crippen LogP contribution in [0.2, 0.25) is 0 Å². The molecule has 1 saturated heterocycles. The molecule has 0 bridgehead atoms. The second kappa shape index (κ2) is 6.02. The Hall–Kier alpha value is -1.08. The Balaban J connectivity index is 2.24. The first-order valence-corrected chi connectivity index (χ1v) is 5.28. The van der Waals surface area contributed by atoms with Gasteiger partial charge in [0.25, 0.3) is 0 Å². The van der Waals surface area contributed by atoms with Crippen molar-refractivity contribution < 1.29 is 23.1 Å². The maximum atomic E-state index is 12.1. The van der Waals surface area contributed by atoms with Gasteiger partial charge in [-0.2, -0.15) is 13.2 Å². The Morgan fingerprint density at radius 1 is 1.18 bits per heavy atom. The largest absolute Gasteiger partial charge is 0.478 e. The Morgan fingerprint density at radius 3 is 2.18 bits per heavy atom. The Morgan fingerprint density at radius 2 is 1.71 bits per heavy atom. The zero-order chi connectivity index (χ0) is 12.9. The smallest absolute Gasteiger partial charge is 0.401 e. The van der Waals surface area contributed by atoms with Crippen molar-refractivity contribution >= 4 is 5.97 Å². The molecule has 17 heavy (non-hydrogen) atoms. The highest BCUT2D eigenvalue weighted by molar-refractivity contribution is 5.79. The summed E-state index contributed by atoms with van der Waals surface area (Å²) in [5.41, 5.74) is 0. The van der Waals surface area contributed by atoms with Crippen LogP contribution in [0.25, 0.3) is 0 Å². The van der Waals surface area contributed by atoms with Crippen LogP contribution in [0.3, 0.4) is 0 Å². The van der Waals surface area contributed by atoms with E-state index in [1.807, 2.05) is 4.90 Å². The predicted octanol–water partition coefficient (Wildman–Crippen LogP) is 0.807. The topological polar surface area (TPSA) is 43.8 Å². The highest BCUT2D eigenvalue weighted by atomic mass is 19.4. The molecular weight excluding hydrogens is 237 g/mol. The first-order chi connectivity index (χ1) is 7.87. The summed E-state index contributed by atoms with van der Waals surface area (Å²) >= 11 is 0. The molecule has 4 nitrogen and oxygen atoms in total. The van der Waals surface area contributed by atoms with Gasteiger partial charge in [-0.15, -0.1) is 0 Å². The third-order valence-electron chi connectivity index (χ3n) is 2.49. The van der Waals surface area contributed by atoms with Gasteiger partial charge in [-0.1, -0.05) is 6.08 Å². The van der Waals surface area contributed by atoms with E-state index < -0.39 is 18.7 Å². The van der Waals surface area contributed by atoms with Crippen LogP contribution in [0.4, 0.5) is 13.2 Å². The summed E-state index contributed by atoms with van der Waals surface area (Å²) in [6.07, 6.45) is -1.60. The minimum absolute atomic E-state index is 0.362. The minimum atomic E-state index is -4.15. The summed E-state index contributed by atoms with van der Waals surface area (Å²) in [5, 5.41) is 8.37. The van der Waals surface area contributed by atoms with Crippen molar-refractivity contribution in [3.8, 4) is 0 Å². The SMILES string of the molecule is O=C(O)C=CCN1CCN(CC(F)(F)F)CC1. The number of aliphatic carboxylic acids is 1. The van der Waals surface area contributed by atoms with E-state index in [0.29, 0.717) is 32.7 Å². The van der Waals surface area contributed by atoms with Gasteiger partial charge in [0.05, 0.1) is 6.54 Å². The maximum absolute atomic E-state index is 12.1. The maximum Gasteiger partial charge on any atom is 0.401 e. The third kappa shape index (κ3) is 6.28. The Bertz CT molecular complexity index is 284. The molecule has 1 heterocycles. The highest BCUT2D eigenvalue weighted by Crippen LogP contribution is 2.17. The summed E-state index contributed by atoms with van der Waals surface area (Å²) < 4.78 is 36.3. The number of halogens is 3. The monoisotopic (exact) mass is 252 g/mol. The molecule has 0 aromatic heterocycles. The lowest BCUT2D eigenvalue weighted by Crippen LogP contribution is -2.49. The highest BCUT2D eigenvalue weighted by Gasteiger charge is 2.31. The molecule has 7 heteroatoms. The van der Waals surface area contributed by atoms with Crippen molar-refractivity contribution in [3.63, 3.8) is 0 Å². The van der Waals surface area contributed by atoms with Gasteiger partial charge in [0.15, 0.2) is 0 Å². The number of nitrogens with zero attached hydrogens (tertiary/aromatic N) is 2. The number of alkyl halides is 3. The molecule has 1 rings (SSSR count). The molecule has 1 aliphatic heterocycles. The van der Waals surface area contributed by atoms with Crippen molar-refractivity contribution in [1.29, 1.82) is 0 Å². The van der Waals surface area contributed by atoms with E-state index >= 15 is 0 Å². The lowest BCUT2D eigenvalue weighted by molar-refractivity contribution is -0.149. The molecule has 1 N–H and O–H groups in total. The van der Waals surface area contributed by atoms with E-state index in [0.717, 1.165) is 6.08 Å². The van der Waals surface area contributed by atoms with Crippen molar-refractivity contribution in [2.45, 2.75) is 6.18 Å². The Labute approximate surface area is 97.3 Å². The molecule has 0 aliphatic carbocycles. The molecule has 98 valence electrons. The van der Waals surface area contributed by atoms with Crippen LogP contribution in [-0.4, -0.2) is 66.3 Å². The van der Waals surface area contributed by atoms with Crippen LogP contribution in [0.15, 0.2) is 12.2 Å². The molecule has 0 amide bonds. The number of carbonyl (C=O) groups is 1. The van der Waals surface area contributed by atoms with Gasteiger partial charge in [0.1, 0.15) is 0 Å². The molecule has 0 spiro atoms. The fourth-order valence-corrected chi connectivity index (χ4v) is 1.69. The second-order valence-corrected chi connectivity index (χ2v) is 3.93. The van der Waals surface area contributed by atoms with Crippen molar-refractivity contribution in [1.82, 2.24) is 9.80 Å².